The highest BCUT2D eigenvalue weighted by Crippen LogP contribution is 2.40. The Bertz CT molecular complexity index is 770. The molecule has 0 radical (unpaired) electrons. The van der Waals surface area contributed by atoms with Crippen LogP contribution in [0.4, 0.5) is 4.79 Å². The molecule has 2 heterocycles. The number of hydrogen-bond donors (Lipinski definition) is 1. The van der Waals surface area contributed by atoms with Crippen molar-refractivity contribution in [1.29, 1.82) is 0 Å². The number of fused-ring (bicyclic) bond motifs is 1. The third kappa shape index (κ3) is 2.45. The van der Waals surface area contributed by atoms with E-state index in [2.05, 4.69) is 5.32 Å². The lowest BCUT2D eigenvalue weighted by Crippen LogP contribution is -2.50. The molecule has 8 heteroatoms. The molecule has 0 aliphatic carbocycles. The van der Waals surface area contributed by atoms with Gasteiger partial charge in [-0.2, -0.15) is 0 Å². The van der Waals surface area contributed by atoms with Crippen molar-refractivity contribution in [3.63, 3.8) is 0 Å². The van der Waals surface area contributed by atoms with E-state index in [4.69, 9.17) is 14.2 Å². The van der Waals surface area contributed by atoms with E-state index in [0.717, 1.165) is 4.90 Å². The van der Waals surface area contributed by atoms with Crippen molar-refractivity contribution in [3.05, 3.63) is 35.0 Å². The SMILES string of the molecule is COC(=O)C1=C(C)NC(=O)N(C(C)=O)[C@H]1c1ccc2c(c1)OCO2. The summed E-state index contributed by atoms with van der Waals surface area (Å²) in [5.41, 5.74) is 1.07. The molecule has 2 aliphatic rings. The topological polar surface area (TPSA) is 94.2 Å². The van der Waals surface area contributed by atoms with Crippen LogP contribution in [0.3, 0.4) is 0 Å². The Morgan fingerprint density at radius 1 is 1.29 bits per heavy atom. The van der Waals surface area contributed by atoms with Crippen molar-refractivity contribution in [2.24, 2.45) is 0 Å². The Morgan fingerprint density at radius 2 is 2.00 bits per heavy atom. The number of nitrogens with one attached hydrogen (secondary N) is 1. The maximum Gasteiger partial charge on any atom is 0.337 e. The molecule has 0 unspecified atom stereocenters. The first kappa shape index (κ1) is 15.9. The number of amides is 3. The summed E-state index contributed by atoms with van der Waals surface area (Å²) in [5, 5.41) is 2.52. The molecule has 1 aromatic rings. The summed E-state index contributed by atoms with van der Waals surface area (Å²) in [6.45, 7) is 2.94. The summed E-state index contributed by atoms with van der Waals surface area (Å²) < 4.78 is 15.4. The van der Waals surface area contributed by atoms with Crippen molar-refractivity contribution < 1.29 is 28.6 Å². The van der Waals surface area contributed by atoms with Gasteiger partial charge in [-0.1, -0.05) is 6.07 Å². The van der Waals surface area contributed by atoms with Crippen LogP contribution >= 0.6 is 0 Å². The number of nitrogens with zero attached hydrogens (tertiary/aromatic N) is 1. The van der Waals surface area contributed by atoms with E-state index in [0.29, 0.717) is 22.8 Å². The highest BCUT2D eigenvalue weighted by molar-refractivity contribution is 6.01. The van der Waals surface area contributed by atoms with Gasteiger partial charge >= 0.3 is 12.0 Å². The number of esters is 1. The standard InChI is InChI=1S/C16H16N2O6/c1-8-13(15(20)22-3)14(18(9(2)19)16(21)17-8)10-4-5-11-12(6-10)24-7-23-11/h4-6,14H,7H2,1-3H3,(H,17,21)/t14-/m0/s1. The van der Waals surface area contributed by atoms with Crippen LogP contribution in [0.2, 0.25) is 0 Å². The van der Waals surface area contributed by atoms with Crippen LogP contribution in [0.25, 0.3) is 0 Å². The Morgan fingerprint density at radius 3 is 2.67 bits per heavy atom. The largest absolute Gasteiger partial charge is 0.466 e. The van der Waals surface area contributed by atoms with Gasteiger partial charge in [0, 0.05) is 12.6 Å². The van der Waals surface area contributed by atoms with Gasteiger partial charge in [0.15, 0.2) is 11.5 Å². The van der Waals surface area contributed by atoms with E-state index in [1.807, 2.05) is 0 Å². The molecule has 0 fully saturated rings. The zero-order valence-electron chi connectivity index (χ0n) is 13.4. The molecule has 0 saturated heterocycles. The molecule has 3 rings (SSSR count). The molecule has 0 aromatic heterocycles. The highest BCUT2D eigenvalue weighted by atomic mass is 16.7. The Kier molecular flexibility index (Phi) is 3.88. The normalized spacial score (nSPS) is 19.2. The minimum atomic E-state index is -0.904. The molecular weight excluding hydrogens is 316 g/mol. The zero-order chi connectivity index (χ0) is 17.4. The van der Waals surface area contributed by atoms with E-state index >= 15 is 0 Å². The molecule has 0 bridgehead atoms. The highest BCUT2D eigenvalue weighted by Gasteiger charge is 2.40. The third-order valence-corrected chi connectivity index (χ3v) is 3.91. The predicted octanol–water partition coefficient (Wildman–Crippen LogP) is 1.48. The third-order valence-electron chi connectivity index (χ3n) is 3.91. The van der Waals surface area contributed by atoms with Crippen molar-refractivity contribution in [3.8, 4) is 11.5 Å². The van der Waals surface area contributed by atoms with E-state index in [1.54, 1.807) is 25.1 Å². The molecule has 1 aromatic carbocycles. The van der Waals surface area contributed by atoms with Gasteiger partial charge in [0.2, 0.25) is 12.7 Å². The van der Waals surface area contributed by atoms with Crippen LogP contribution in [0, 0.1) is 0 Å². The number of rotatable bonds is 2. The maximum absolute atomic E-state index is 12.3. The summed E-state index contributed by atoms with van der Waals surface area (Å²) in [4.78, 5) is 37.5. The van der Waals surface area contributed by atoms with Gasteiger partial charge in [0.1, 0.15) is 6.04 Å². The molecule has 126 valence electrons. The summed E-state index contributed by atoms with van der Waals surface area (Å²) in [7, 11) is 1.24. The van der Waals surface area contributed by atoms with E-state index in [-0.39, 0.29) is 12.4 Å². The van der Waals surface area contributed by atoms with Crippen LogP contribution in [-0.2, 0) is 14.3 Å². The monoisotopic (exact) mass is 332 g/mol. The van der Waals surface area contributed by atoms with Crippen LogP contribution < -0.4 is 14.8 Å². The lowest BCUT2D eigenvalue weighted by Gasteiger charge is -2.35. The molecular formula is C16H16N2O6. The van der Waals surface area contributed by atoms with Gasteiger partial charge in [0.05, 0.1) is 12.7 Å². The summed E-state index contributed by atoms with van der Waals surface area (Å²) >= 11 is 0. The average molecular weight is 332 g/mol. The Labute approximate surface area is 138 Å². The van der Waals surface area contributed by atoms with Crippen LogP contribution in [0.15, 0.2) is 29.5 Å². The van der Waals surface area contributed by atoms with Gasteiger partial charge < -0.3 is 19.5 Å². The van der Waals surface area contributed by atoms with Gasteiger partial charge in [-0.25, -0.2) is 9.59 Å². The first-order valence-electron chi connectivity index (χ1n) is 7.23. The van der Waals surface area contributed by atoms with Crippen molar-refractivity contribution in [2.75, 3.05) is 13.9 Å². The fourth-order valence-corrected chi connectivity index (χ4v) is 2.84. The van der Waals surface area contributed by atoms with Crippen molar-refractivity contribution in [2.45, 2.75) is 19.9 Å². The summed E-state index contributed by atoms with van der Waals surface area (Å²) in [6, 6.07) is 3.50. The fraction of sp³-hybridized carbons (Fsp3) is 0.312. The van der Waals surface area contributed by atoms with Crippen LogP contribution in [0.5, 0.6) is 11.5 Å². The number of imide groups is 1. The number of methoxy groups -OCH3 is 1. The molecule has 3 amide bonds. The number of carbonyl (C=O) groups is 3. The number of urea groups is 1. The van der Waals surface area contributed by atoms with Crippen LogP contribution in [0.1, 0.15) is 25.5 Å². The maximum atomic E-state index is 12.3. The minimum Gasteiger partial charge on any atom is -0.466 e. The number of hydrogen-bond acceptors (Lipinski definition) is 6. The van der Waals surface area contributed by atoms with Crippen LogP contribution in [-0.4, -0.2) is 36.7 Å². The van der Waals surface area contributed by atoms with Gasteiger partial charge in [-0.15, -0.1) is 0 Å². The second-order valence-electron chi connectivity index (χ2n) is 5.36. The molecule has 1 N–H and O–H groups in total. The van der Waals surface area contributed by atoms with Crippen molar-refractivity contribution in [1.82, 2.24) is 10.2 Å². The smallest absolute Gasteiger partial charge is 0.337 e. The minimum absolute atomic E-state index is 0.0963. The zero-order valence-corrected chi connectivity index (χ0v) is 13.4. The Balaban J connectivity index is 2.16. The number of benzene rings is 1. The van der Waals surface area contributed by atoms with Gasteiger partial charge in [-0.3, -0.25) is 9.69 Å². The van der Waals surface area contributed by atoms with Gasteiger partial charge in [-0.05, 0) is 24.6 Å². The predicted molar refractivity (Wildman–Crippen MR) is 81.1 cm³/mol. The average Bonchev–Trinajstić information content (AvgIpc) is 3.00. The number of allylic oxidation sites excluding steroid dienone is 1. The fourth-order valence-electron chi connectivity index (χ4n) is 2.84. The van der Waals surface area contributed by atoms with Gasteiger partial charge in [0.25, 0.3) is 0 Å². The number of ether oxygens (including phenoxy) is 3. The molecule has 2 aliphatic heterocycles. The Hall–Kier alpha value is -3.03. The van der Waals surface area contributed by atoms with E-state index in [9.17, 15) is 14.4 Å². The van der Waals surface area contributed by atoms with E-state index in [1.165, 1.54) is 14.0 Å². The second kappa shape index (κ2) is 5.88. The van der Waals surface area contributed by atoms with Crippen molar-refractivity contribution >= 4 is 17.9 Å². The molecule has 1 atom stereocenters. The lowest BCUT2D eigenvalue weighted by atomic mass is 9.93. The van der Waals surface area contributed by atoms with E-state index < -0.39 is 23.9 Å². The number of carbonyl (C=O) groups excluding carboxylic acids is 3. The molecule has 8 nitrogen and oxygen atoms in total. The molecule has 24 heavy (non-hydrogen) atoms. The molecule has 0 saturated carbocycles. The first-order valence-corrected chi connectivity index (χ1v) is 7.23. The quantitative estimate of drug-likeness (QED) is 0.824. The summed E-state index contributed by atoms with van der Waals surface area (Å²) in [5.74, 6) is -0.0666. The molecule has 0 spiro atoms. The lowest BCUT2D eigenvalue weighted by molar-refractivity contribution is -0.137. The summed E-state index contributed by atoms with van der Waals surface area (Å²) in [6.07, 6.45) is 0. The second-order valence-corrected chi connectivity index (χ2v) is 5.36. The first-order chi connectivity index (χ1) is 11.4.